The summed E-state index contributed by atoms with van der Waals surface area (Å²) < 4.78 is 27.7. The summed E-state index contributed by atoms with van der Waals surface area (Å²) in [6.07, 6.45) is 0. The number of sulfone groups is 1. The van der Waals surface area contributed by atoms with Gasteiger partial charge < -0.3 is 0 Å². The number of amides is 2. The van der Waals surface area contributed by atoms with Crippen LogP contribution in [0.1, 0.15) is 76.9 Å². The molecule has 6 rings (SSSR count). The molecule has 4 aromatic carbocycles. The normalized spacial score (nSPS) is 14.8. The smallest absolute Gasteiger partial charge is 0.266 e. The van der Waals surface area contributed by atoms with Crippen molar-refractivity contribution < 1.29 is 18.0 Å². The van der Waals surface area contributed by atoms with Crippen molar-refractivity contribution in [3.05, 3.63) is 93.8 Å². The van der Waals surface area contributed by atoms with Crippen LogP contribution in [0, 0.1) is 17.9 Å². The molecule has 0 spiro atoms. The predicted octanol–water partition coefficient (Wildman–Crippen LogP) is 7.12. The average molecular weight is 546 g/mol. The number of fused-ring (bicyclic) bond motifs is 2. The highest BCUT2D eigenvalue weighted by molar-refractivity contribution is 7.92. The standard InChI is InChI=1S/C32H23N3O4S/c1-16(2)19-10-8-11-20(17(3)4)29(19)35-31(36)22-13-18(15-33)26-21-9-6-7-12-25(21)40(38,39)30-24(34-5)14-23(32(35)37)27(22)28(26)30/h6-14,16-17H,1-4H3. The van der Waals surface area contributed by atoms with Crippen molar-refractivity contribution in [2.75, 3.05) is 4.90 Å². The van der Waals surface area contributed by atoms with E-state index in [9.17, 15) is 23.3 Å². The number of nitrogens with zero attached hydrogens (tertiary/aromatic N) is 3. The molecule has 8 heteroatoms. The predicted molar refractivity (Wildman–Crippen MR) is 152 cm³/mol. The monoisotopic (exact) mass is 545 g/mol. The molecule has 2 amide bonds. The first-order valence-electron chi connectivity index (χ1n) is 12.9. The lowest BCUT2D eigenvalue weighted by atomic mass is 9.84. The molecule has 0 saturated carbocycles. The largest absolute Gasteiger partial charge is 0.268 e. The third kappa shape index (κ3) is 3.17. The number of nitriles is 1. The highest BCUT2D eigenvalue weighted by Gasteiger charge is 2.43. The van der Waals surface area contributed by atoms with Crippen LogP contribution in [0.5, 0.6) is 0 Å². The van der Waals surface area contributed by atoms with Crippen molar-refractivity contribution in [1.29, 1.82) is 5.26 Å². The second-order valence-electron chi connectivity index (χ2n) is 10.6. The van der Waals surface area contributed by atoms with Gasteiger partial charge in [0.25, 0.3) is 11.8 Å². The first-order valence-corrected chi connectivity index (χ1v) is 14.3. The summed E-state index contributed by atoms with van der Waals surface area (Å²) in [6, 6.07) is 16.8. The van der Waals surface area contributed by atoms with E-state index in [-0.39, 0.29) is 54.8 Å². The molecule has 0 fully saturated rings. The summed E-state index contributed by atoms with van der Waals surface area (Å²) in [5.74, 6) is -1.29. The fraction of sp³-hybridized carbons (Fsp3) is 0.188. The average Bonchev–Trinajstić information content (AvgIpc) is 2.93. The minimum atomic E-state index is -4.19. The van der Waals surface area contributed by atoms with Crippen molar-refractivity contribution in [3.8, 4) is 17.2 Å². The van der Waals surface area contributed by atoms with Gasteiger partial charge in [0.1, 0.15) is 0 Å². The van der Waals surface area contributed by atoms with Gasteiger partial charge in [-0.2, -0.15) is 5.26 Å². The van der Waals surface area contributed by atoms with Crippen LogP contribution in [-0.2, 0) is 9.84 Å². The number of benzene rings is 4. The van der Waals surface area contributed by atoms with E-state index in [4.69, 9.17) is 6.57 Å². The maximum Gasteiger partial charge on any atom is 0.266 e. The van der Waals surface area contributed by atoms with Gasteiger partial charge in [-0.3, -0.25) is 9.59 Å². The molecular weight excluding hydrogens is 522 g/mol. The van der Waals surface area contributed by atoms with Gasteiger partial charge in [-0.15, -0.1) is 0 Å². The van der Waals surface area contributed by atoms with E-state index in [1.807, 2.05) is 45.9 Å². The number of carbonyl (C=O) groups excluding carboxylic acids is 2. The molecule has 2 heterocycles. The van der Waals surface area contributed by atoms with Crippen LogP contribution in [0.3, 0.4) is 0 Å². The van der Waals surface area contributed by atoms with Gasteiger partial charge in [-0.25, -0.2) is 18.2 Å². The van der Waals surface area contributed by atoms with Crippen molar-refractivity contribution in [1.82, 2.24) is 0 Å². The molecule has 2 aliphatic heterocycles. The number of anilines is 1. The minimum Gasteiger partial charge on any atom is -0.268 e. The molecule has 0 N–H and O–H groups in total. The first kappa shape index (κ1) is 25.5. The fourth-order valence-electron chi connectivity index (χ4n) is 5.98. The van der Waals surface area contributed by atoms with E-state index in [0.29, 0.717) is 16.8 Å². The van der Waals surface area contributed by atoms with Crippen LogP contribution in [0.4, 0.5) is 11.4 Å². The molecule has 0 saturated heterocycles. The zero-order chi connectivity index (χ0) is 28.7. The molecule has 0 bridgehead atoms. The lowest BCUT2D eigenvalue weighted by Gasteiger charge is -2.34. The summed E-state index contributed by atoms with van der Waals surface area (Å²) >= 11 is 0. The molecule has 0 aliphatic carbocycles. The van der Waals surface area contributed by atoms with Crippen LogP contribution < -0.4 is 4.90 Å². The Morgan fingerprint density at radius 3 is 2.02 bits per heavy atom. The zero-order valence-corrected chi connectivity index (χ0v) is 23.1. The second-order valence-corrected chi connectivity index (χ2v) is 12.5. The van der Waals surface area contributed by atoms with Gasteiger partial charge in [-0.05, 0) is 41.2 Å². The van der Waals surface area contributed by atoms with Crippen molar-refractivity contribution in [2.45, 2.75) is 49.3 Å². The molecule has 4 aromatic rings. The molecule has 0 atom stereocenters. The molecule has 196 valence electrons. The van der Waals surface area contributed by atoms with Gasteiger partial charge in [0, 0.05) is 27.5 Å². The lowest BCUT2D eigenvalue weighted by molar-refractivity contribution is 0.0892. The van der Waals surface area contributed by atoms with Crippen molar-refractivity contribution in [3.63, 3.8) is 0 Å². The SMILES string of the molecule is [C-]#[N+]c1cc2c3c(cc(C#N)c4c3c1S(=O)(=O)c1ccccc1-4)C(=O)N(c1c(C(C)C)cccc1C(C)C)C2=O. The second kappa shape index (κ2) is 8.61. The third-order valence-electron chi connectivity index (χ3n) is 7.73. The molecule has 40 heavy (non-hydrogen) atoms. The van der Waals surface area contributed by atoms with Crippen LogP contribution in [0.15, 0.2) is 64.4 Å². The van der Waals surface area contributed by atoms with Gasteiger partial charge in [0.05, 0.1) is 39.2 Å². The molecule has 0 aromatic heterocycles. The Bertz CT molecular complexity index is 2000. The minimum absolute atomic E-state index is 0.0128. The molecule has 7 nitrogen and oxygen atoms in total. The summed E-state index contributed by atoms with van der Waals surface area (Å²) in [6.45, 7) is 15.8. The van der Waals surface area contributed by atoms with Crippen LogP contribution in [0.2, 0.25) is 0 Å². The quantitative estimate of drug-likeness (QED) is 0.177. The topological polar surface area (TPSA) is 99.7 Å². The van der Waals surface area contributed by atoms with Gasteiger partial charge in [-0.1, -0.05) is 64.1 Å². The Kier molecular flexibility index (Phi) is 5.48. The highest BCUT2D eigenvalue weighted by Crippen LogP contribution is 2.52. The highest BCUT2D eigenvalue weighted by atomic mass is 32.2. The van der Waals surface area contributed by atoms with E-state index < -0.39 is 21.7 Å². The zero-order valence-electron chi connectivity index (χ0n) is 22.2. The fourth-order valence-corrected chi connectivity index (χ4v) is 7.77. The van der Waals surface area contributed by atoms with Gasteiger partial charge >= 0.3 is 0 Å². The third-order valence-corrected chi connectivity index (χ3v) is 9.61. The first-order chi connectivity index (χ1) is 19.0. The Morgan fingerprint density at radius 1 is 0.850 bits per heavy atom. The Hall–Kier alpha value is -4.79. The van der Waals surface area contributed by atoms with Crippen LogP contribution in [-0.4, -0.2) is 20.2 Å². The molecular formula is C32H23N3O4S. The Balaban J connectivity index is 1.80. The summed E-state index contributed by atoms with van der Waals surface area (Å²) in [7, 11) is -4.19. The molecule has 0 radical (unpaired) electrons. The number of carbonyl (C=O) groups is 2. The van der Waals surface area contributed by atoms with Crippen LogP contribution in [0.25, 0.3) is 26.7 Å². The number of hydrogen-bond donors (Lipinski definition) is 0. The maximum atomic E-state index is 14.3. The van der Waals surface area contributed by atoms with E-state index in [1.165, 1.54) is 18.2 Å². The number of hydrogen-bond acceptors (Lipinski definition) is 5. The van der Waals surface area contributed by atoms with E-state index in [0.717, 1.165) is 16.0 Å². The van der Waals surface area contributed by atoms with E-state index in [2.05, 4.69) is 10.9 Å². The Morgan fingerprint density at radius 2 is 1.45 bits per heavy atom. The Labute approximate surface area is 232 Å². The number of imide groups is 1. The number of para-hydroxylation sites is 1. The van der Waals surface area contributed by atoms with Crippen LogP contribution >= 0.6 is 0 Å². The summed E-state index contributed by atoms with van der Waals surface area (Å²) in [5.41, 5.74) is 2.73. The van der Waals surface area contributed by atoms with E-state index in [1.54, 1.807) is 18.2 Å². The molecule has 0 unspecified atom stereocenters. The summed E-state index contributed by atoms with van der Waals surface area (Å²) in [5, 5.41) is 10.5. The van der Waals surface area contributed by atoms with Gasteiger partial charge in [0.2, 0.25) is 5.69 Å². The van der Waals surface area contributed by atoms with Gasteiger partial charge in [0.15, 0.2) is 9.84 Å². The van der Waals surface area contributed by atoms with Crippen molar-refractivity contribution in [2.24, 2.45) is 0 Å². The maximum absolute atomic E-state index is 14.3. The van der Waals surface area contributed by atoms with E-state index >= 15 is 0 Å². The lowest BCUT2D eigenvalue weighted by Crippen LogP contribution is -2.42. The molecule has 2 aliphatic rings. The van der Waals surface area contributed by atoms with Crippen molar-refractivity contribution >= 4 is 43.8 Å². The number of rotatable bonds is 3. The summed E-state index contributed by atoms with van der Waals surface area (Å²) in [4.78, 5) is 33.0.